The molecule has 1 saturated heterocycles. The van der Waals surface area contributed by atoms with Crippen LogP contribution in [0.25, 0.3) is 0 Å². The molecule has 17 heavy (non-hydrogen) atoms. The van der Waals surface area contributed by atoms with Gasteiger partial charge in [-0.3, -0.25) is 9.59 Å². The Kier molecular flexibility index (Phi) is 1.71. The Morgan fingerprint density at radius 1 is 0.882 bits per heavy atom. The lowest BCUT2D eigenvalue weighted by atomic mass is 9.59. The maximum absolute atomic E-state index is 13.5. The summed E-state index contributed by atoms with van der Waals surface area (Å²) in [7, 11) is 0. The largest absolute Gasteiger partial charge is 0.393 e. The van der Waals surface area contributed by atoms with E-state index >= 15 is 0 Å². The van der Waals surface area contributed by atoms with Gasteiger partial charge < -0.3 is 4.74 Å². The summed E-state index contributed by atoms with van der Waals surface area (Å²) in [5, 5.41) is 0. The van der Waals surface area contributed by atoms with Gasteiger partial charge in [0.15, 0.2) is 0 Å². The normalized spacial score (nSPS) is 44.7. The maximum Gasteiger partial charge on any atom is 0.318 e. The van der Waals surface area contributed by atoms with Crippen LogP contribution in [0.1, 0.15) is 0 Å². The first-order valence-electron chi connectivity index (χ1n) is 4.98. The van der Waals surface area contributed by atoms with Gasteiger partial charge in [0.1, 0.15) is 0 Å². The van der Waals surface area contributed by atoms with Crippen LogP contribution in [0, 0.1) is 23.7 Å². The van der Waals surface area contributed by atoms with Crippen molar-refractivity contribution in [1.29, 1.82) is 0 Å². The van der Waals surface area contributed by atoms with Crippen molar-refractivity contribution in [2.75, 3.05) is 0 Å². The fourth-order valence-corrected chi connectivity index (χ4v) is 2.88. The van der Waals surface area contributed by atoms with Gasteiger partial charge in [-0.1, -0.05) is 12.2 Å². The van der Waals surface area contributed by atoms with Crippen LogP contribution in [0.4, 0.5) is 17.6 Å². The van der Waals surface area contributed by atoms with Gasteiger partial charge in [-0.2, -0.15) is 17.6 Å². The monoisotopic (exact) mass is 250 g/mol. The number of cyclic esters (lactones) is 2. The van der Waals surface area contributed by atoms with Crippen molar-refractivity contribution in [2.24, 2.45) is 23.7 Å². The smallest absolute Gasteiger partial charge is 0.318 e. The third-order valence-electron chi connectivity index (χ3n) is 3.71. The van der Waals surface area contributed by atoms with Crippen molar-refractivity contribution in [3.63, 3.8) is 0 Å². The highest BCUT2D eigenvalue weighted by Crippen LogP contribution is 2.62. The van der Waals surface area contributed by atoms with Gasteiger partial charge in [-0.15, -0.1) is 0 Å². The van der Waals surface area contributed by atoms with Gasteiger partial charge in [0.2, 0.25) is 0 Å². The van der Waals surface area contributed by atoms with E-state index < -0.39 is 47.5 Å². The van der Waals surface area contributed by atoms with E-state index in [-0.39, 0.29) is 0 Å². The van der Waals surface area contributed by atoms with Crippen molar-refractivity contribution in [3.8, 4) is 0 Å². The molecular weight excluding hydrogens is 244 g/mol. The third kappa shape index (κ3) is 0.981. The molecule has 0 aromatic carbocycles. The molecule has 2 fully saturated rings. The first kappa shape index (κ1) is 10.7. The molecule has 1 aliphatic heterocycles. The van der Waals surface area contributed by atoms with Gasteiger partial charge >= 0.3 is 23.8 Å². The molecule has 0 spiro atoms. The lowest BCUT2D eigenvalue weighted by Gasteiger charge is -2.47. The summed E-state index contributed by atoms with van der Waals surface area (Å²) in [5.41, 5.74) is 0. The molecule has 2 bridgehead atoms. The molecule has 4 atom stereocenters. The Balaban J connectivity index is 2.18. The summed E-state index contributed by atoms with van der Waals surface area (Å²) >= 11 is 0. The van der Waals surface area contributed by atoms with Gasteiger partial charge in [0.25, 0.3) is 0 Å². The second kappa shape index (κ2) is 2.70. The Hall–Kier alpha value is -1.40. The van der Waals surface area contributed by atoms with Crippen molar-refractivity contribution in [2.45, 2.75) is 11.8 Å². The zero-order valence-electron chi connectivity index (χ0n) is 8.20. The number of carbonyl (C=O) groups is 2. The second-order valence-electron chi connectivity index (χ2n) is 4.47. The maximum atomic E-state index is 13.5. The molecule has 4 unspecified atom stereocenters. The Morgan fingerprint density at radius 2 is 1.24 bits per heavy atom. The van der Waals surface area contributed by atoms with Gasteiger partial charge in [0.05, 0.1) is 23.7 Å². The number of esters is 2. The highest BCUT2D eigenvalue weighted by Gasteiger charge is 2.77. The van der Waals surface area contributed by atoms with E-state index in [2.05, 4.69) is 4.74 Å². The van der Waals surface area contributed by atoms with Crippen molar-refractivity contribution < 1.29 is 31.9 Å². The summed E-state index contributed by atoms with van der Waals surface area (Å²) in [6, 6.07) is 0. The van der Waals surface area contributed by atoms with Crippen LogP contribution in [0.15, 0.2) is 12.2 Å². The number of fused-ring (bicyclic) bond motifs is 1. The Morgan fingerprint density at radius 3 is 1.59 bits per heavy atom. The van der Waals surface area contributed by atoms with Crippen molar-refractivity contribution in [3.05, 3.63) is 12.2 Å². The molecule has 3 nitrogen and oxygen atoms in total. The number of hydrogen-bond donors (Lipinski definition) is 0. The SMILES string of the molecule is O=C1OC(=O)C2C1C1C=CC2C(F)(F)C1(F)F. The molecule has 1 heterocycles. The second-order valence-corrected chi connectivity index (χ2v) is 4.47. The minimum atomic E-state index is -4.32. The van der Waals surface area contributed by atoms with E-state index in [4.69, 9.17) is 0 Å². The fourth-order valence-electron chi connectivity index (χ4n) is 2.88. The molecule has 1 saturated carbocycles. The average Bonchev–Trinajstić information content (AvgIpc) is 2.52. The van der Waals surface area contributed by atoms with Crippen LogP contribution < -0.4 is 0 Å². The van der Waals surface area contributed by atoms with Crippen LogP contribution in [0.5, 0.6) is 0 Å². The number of hydrogen-bond acceptors (Lipinski definition) is 3. The van der Waals surface area contributed by atoms with Crippen LogP contribution in [-0.4, -0.2) is 23.8 Å². The van der Waals surface area contributed by atoms with Crippen molar-refractivity contribution in [1.82, 2.24) is 0 Å². The molecule has 0 radical (unpaired) electrons. The lowest BCUT2D eigenvalue weighted by molar-refractivity contribution is -0.287. The lowest BCUT2D eigenvalue weighted by Crippen LogP contribution is -2.63. The Bertz CT molecular complexity index is 416. The van der Waals surface area contributed by atoms with Crippen LogP contribution in [-0.2, 0) is 14.3 Å². The molecule has 0 aromatic heterocycles. The fraction of sp³-hybridized carbons (Fsp3) is 0.600. The van der Waals surface area contributed by atoms with Gasteiger partial charge in [0, 0.05) is 0 Å². The molecule has 4 rings (SSSR count). The van der Waals surface area contributed by atoms with E-state index in [1.165, 1.54) is 0 Å². The molecule has 92 valence electrons. The number of carbonyl (C=O) groups excluding carboxylic acids is 2. The highest BCUT2D eigenvalue weighted by molar-refractivity contribution is 5.98. The first-order chi connectivity index (χ1) is 7.78. The van der Waals surface area contributed by atoms with E-state index in [0.717, 1.165) is 12.2 Å². The average molecular weight is 250 g/mol. The number of rotatable bonds is 0. The van der Waals surface area contributed by atoms with Crippen LogP contribution in [0.3, 0.4) is 0 Å². The number of ether oxygens (including phenoxy) is 1. The Labute approximate surface area is 92.4 Å². The van der Waals surface area contributed by atoms with E-state index in [1.807, 2.05) is 0 Å². The van der Waals surface area contributed by atoms with Crippen LogP contribution in [0.2, 0.25) is 0 Å². The molecule has 0 N–H and O–H groups in total. The number of alkyl halides is 4. The molecule has 4 aliphatic rings. The standard InChI is InChI=1S/C10H6F4O3/c11-9(12)3-1-2-4(10(9,13)14)6-5(3)7(15)17-8(6)16/h1-6H. The van der Waals surface area contributed by atoms with Crippen molar-refractivity contribution >= 4 is 11.9 Å². The molecule has 0 amide bonds. The van der Waals surface area contributed by atoms with Gasteiger partial charge in [-0.05, 0) is 0 Å². The van der Waals surface area contributed by atoms with E-state index in [1.54, 1.807) is 0 Å². The zero-order chi connectivity index (χ0) is 12.6. The molecule has 7 heteroatoms. The summed E-state index contributed by atoms with van der Waals surface area (Å²) in [4.78, 5) is 22.5. The predicted octanol–water partition coefficient (Wildman–Crippen LogP) is 1.39. The highest BCUT2D eigenvalue weighted by atomic mass is 19.3. The quantitative estimate of drug-likeness (QED) is 0.282. The summed E-state index contributed by atoms with van der Waals surface area (Å²) in [6.07, 6.45) is 1.78. The minimum absolute atomic E-state index is 0.892. The minimum Gasteiger partial charge on any atom is -0.393 e. The summed E-state index contributed by atoms with van der Waals surface area (Å²) in [5.74, 6) is -17.8. The third-order valence-corrected chi connectivity index (χ3v) is 3.71. The van der Waals surface area contributed by atoms with E-state index in [0.29, 0.717) is 0 Å². The number of allylic oxidation sites excluding steroid dienone is 2. The zero-order valence-corrected chi connectivity index (χ0v) is 8.20. The van der Waals surface area contributed by atoms with E-state index in [9.17, 15) is 27.2 Å². The topological polar surface area (TPSA) is 43.4 Å². The first-order valence-corrected chi connectivity index (χ1v) is 4.98. The summed E-state index contributed by atoms with van der Waals surface area (Å²) in [6.45, 7) is 0. The number of halogens is 4. The predicted molar refractivity (Wildman–Crippen MR) is 44.1 cm³/mol. The summed E-state index contributed by atoms with van der Waals surface area (Å²) < 4.78 is 58.2. The molecular formula is C10H6F4O3. The molecule has 0 aromatic rings. The van der Waals surface area contributed by atoms with Crippen LogP contribution >= 0.6 is 0 Å². The van der Waals surface area contributed by atoms with Gasteiger partial charge in [-0.25, -0.2) is 0 Å². The molecule has 3 aliphatic carbocycles.